The summed E-state index contributed by atoms with van der Waals surface area (Å²) in [5.41, 5.74) is -2.72. The summed E-state index contributed by atoms with van der Waals surface area (Å²) in [7, 11) is 0. The van der Waals surface area contributed by atoms with Crippen molar-refractivity contribution in [1.29, 1.82) is 0 Å². The van der Waals surface area contributed by atoms with Gasteiger partial charge in [-0.05, 0) is 58.3 Å². The number of carbonyl (C=O) groups excluding carboxylic acids is 1. The molecule has 0 aromatic carbocycles. The number of esters is 1. The van der Waals surface area contributed by atoms with Crippen molar-refractivity contribution < 1.29 is 19.7 Å². The molecular formula is C19H34O4. The normalized spacial score (nSPS) is 33.8. The van der Waals surface area contributed by atoms with Crippen LogP contribution in [0.15, 0.2) is 0 Å². The first-order chi connectivity index (χ1) is 10.6. The minimum absolute atomic E-state index is 0.237. The van der Waals surface area contributed by atoms with Crippen LogP contribution in [0.1, 0.15) is 79.1 Å². The van der Waals surface area contributed by atoms with Crippen molar-refractivity contribution in [2.75, 3.05) is 6.61 Å². The first kappa shape index (κ1) is 18.7. The Kier molecular flexibility index (Phi) is 5.47. The van der Waals surface area contributed by atoms with Gasteiger partial charge in [-0.3, -0.25) is 4.79 Å². The maximum Gasteiger partial charge on any atom is 0.314 e. The number of rotatable bonds is 6. The summed E-state index contributed by atoms with van der Waals surface area (Å²) in [6, 6.07) is 0. The van der Waals surface area contributed by atoms with Gasteiger partial charge in [0.1, 0.15) is 0 Å². The molecule has 0 aromatic heterocycles. The Morgan fingerprint density at radius 2 is 1.78 bits per heavy atom. The van der Waals surface area contributed by atoms with Crippen LogP contribution in [-0.2, 0) is 9.53 Å². The Labute approximate surface area is 140 Å². The van der Waals surface area contributed by atoms with Gasteiger partial charge in [-0.1, -0.05) is 26.2 Å². The van der Waals surface area contributed by atoms with Gasteiger partial charge in [-0.2, -0.15) is 0 Å². The molecule has 2 N–H and O–H groups in total. The number of fused-ring (bicyclic) bond motifs is 2. The van der Waals surface area contributed by atoms with Crippen LogP contribution in [0.3, 0.4) is 0 Å². The van der Waals surface area contributed by atoms with E-state index in [1.54, 1.807) is 20.8 Å². The highest BCUT2D eigenvalue weighted by atomic mass is 16.5. The van der Waals surface area contributed by atoms with Gasteiger partial charge in [-0.25, -0.2) is 0 Å². The SMILES string of the molecule is CCC(C)(C(=O)OCCC1(O)CC2CCCC(C2)C1)C(C)(C)O. The van der Waals surface area contributed by atoms with Gasteiger partial charge in [0.25, 0.3) is 0 Å². The first-order valence-electron chi connectivity index (χ1n) is 9.21. The van der Waals surface area contributed by atoms with Crippen molar-refractivity contribution in [3.8, 4) is 0 Å². The van der Waals surface area contributed by atoms with Gasteiger partial charge in [0.05, 0.1) is 23.2 Å². The second kappa shape index (κ2) is 6.72. The summed E-state index contributed by atoms with van der Waals surface area (Å²) in [4.78, 5) is 12.4. The van der Waals surface area contributed by atoms with Crippen molar-refractivity contribution in [1.82, 2.24) is 0 Å². The van der Waals surface area contributed by atoms with Crippen molar-refractivity contribution in [3.63, 3.8) is 0 Å². The van der Waals surface area contributed by atoms with E-state index in [9.17, 15) is 15.0 Å². The highest BCUT2D eigenvalue weighted by molar-refractivity contribution is 5.77. The van der Waals surface area contributed by atoms with E-state index in [1.807, 2.05) is 6.92 Å². The Balaban J connectivity index is 1.88. The fraction of sp³-hybridized carbons (Fsp3) is 0.947. The van der Waals surface area contributed by atoms with E-state index >= 15 is 0 Å². The zero-order valence-electron chi connectivity index (χ0n) is 15.2. The van der Waals surface area contributed by atoms with Crippen LogP contribution in [0, 0.1) is 17.3 Å². The molecule has 23 heavy (non-hydrogen) atoms. The molecule has 2 aliphatic carbocycles. The lowest BCUT2D eigenvalue weighted by molar-refractivity contribution is -0.172. The third-order valence-corrected chi connectivity index (χ3v) is 6.54. The molecule has 0 heterocycles. The average Bonchev–Trinajstić information content (AvgIpc) is 2.44. The molecule has 2 rings (SSSR count). The smallest absolute Gasteiger partial charge is 0.314 e. The van der Waals surface area contributed by atoms with Crippen molar-refractivity contribution in [2.45, 2.75) is 90.3 Å². The monoisotopic (exact) mass is 326 g/mol. The van der Waals surface area contributed by atoms with Crippen molar-refractivity contribution >= 4 is 5.97 Å². The molecule has 0 spiro atoms. The second-order valence-electron chi connectivity index (χ2n) is 8.66. The summed E-state index contributed by atoms with van der Waals surface area (Å²) in [6.07, 6.45) is 7.72. The fourth-order valence-corrected chi connectivity index (χ4v) is 4.45. The van der Waals surface area contributed by atoms with Gasteiger partial charge in [0, 0.05) is 6.42 Å². The lowest BCUT2D eigenvalue weighted by Gasteiger charge is -2.44. The van der Waals surface area contributed by atoms with Crippen LogP contribution in [0.5, 0.6) is 0 Å². The van der Waals surface area contributed by atoms with Gasteiger partial charge in [0.2, 0.25) is 0 Å². The highest BCUT2D eigenvalue weighted by Gasteiger charge is 2.46. The molecule has 0 aliphatic heterocycles. The molecule has 0 radical (unpaired) electrons. The van der Waals surface area contributed by atoms with E-state index in [-0.39, 0.29) is 12.6 Å². The summed E-state index contributed by atoms with van der Waals surface area (Å²) >= 11 is 0. The molecule has 2 fully saturated rings. The van der Waals surface area contributed by atoms with E-state index in [4.69, 9.17) is 4.74 Å². The minimum Gasteiger partial charge on any atom is -0.465 e. The Morgan fingerprint density at radius 3 is 2.26 bits per heavy atom. The summed E-state index contributed by atoms with van der Waals surface area (Å²) < 4.78 is 5.46. The Bertz CT molecular complexity index is 414. The molecule has 4 heteroatoms. The minimum atomic E-state index is -1.13. The summed E-state index contributed by atoms with van der Waals surface area (Å²) in [5, 5.41) is 21.1. The van der Waals surface area contributed by atoms with Gasteiger partial charge in [-0.15, -0.1) is 0 Å². The molecule has 2 bridgehead atoms. The number of ether oxygens (including phenoxy) is 1. The molecular weight excluding hydrogens is 292 g/mol. The van der Waals surface area contributed by atoms with Gasteiger partial charge < -0.3 is 14.9 Å². The van der Waals surface area contributed by atoms with Crippen molar-refractivity contribution in [3.05, 3.63) is 0 Å². The number of carbonyl (C=O) groups is 1. The zero-order valence-corrected chi connectivity index (χ0v) is 15.2. The van der Waals surface area contributed by atoms with Crippen molar-refractivity contribution in [2.24, 2.45) is 17.3 Å². The molecule has 4 nitrogen and oxygen atoms in total. The molecule has 3 unspecified atom stereocenters. The van der Waals surface area contributed by atoms with E-state index in [0.717, 1.165) is 12.8 Å². The molecule has 3 atom stereocenters. The second-order valence-corrected chi connectivity index (χ2v) is 8.66. The van der Waals surface area contributed by atoms with Crippen LogP contribution < -0.4 is 0 Å². The molecule has 0 saturated heterocycles. The Morgan fingerprint density at radius 1 is 1.22 bits per heavy atom. The largest absolute Gasteiger partial charge is 0.465 e. The predicted octanol–water partition coefficient (Wildman–Crippen LogP) is 3.44. The van der Waals surface area contributed by atoms with Gasteiger partial charge >= 0.3 is 5.97 Å². The molecule has 134 valence electrons. The van der Waals surface area contributed by atoms with E-state index in [0.29, 0.717) is 24.7 Å². The van der Waals surface area contributed by atoms with Crippen LogP contribution in [0.25, 0.3) is 0 Å². The molecule has 0 aromatic rings. The van der Waals surface area contributed by atoms with Crippen LogP contribution in [0.2, 0.25) is 0 Å². The number of aliphatic hydroxyl groups is 2. The standard InChI is InChI=1S/C19H34O4/c1-5-18(4,17(2,3)21)16(20)23-10-9-19(22)12-14-7-6-8-15(11-14)13-19/h14-15,21-22H,5-13H2,1-4H3. The van der Waals surface area contributed by atoms with Crippen LogP contribution in [0.4, 0.5) is 0 Å². The molecule has 2 aliphatic rings. The summed E-state index contributed by atoms with van der Waals surface area (Å²) in [6.45, 7) is 7.16. The highest BCUT2D eigenvalue weighted by Crippen LogP contribution is 2.45. The van der Waals surface area contributed by atoms with Gasteiger partial charge in [0.15, 0.2) is 0 Å². The number of hydrogen-bond donors (Lipinski definition) is 2. The lowest BCUT2D eigenvalue weighted by Crippen LogP contribution is -2.48. The van der Waals surface area contributed by atoms with Crippen LogP contribution in [-0.4, -0.2) is 34.0 Å². The zero-order chi connectivity index (χ0) is 17.3. The van der Waals surface area contributed by atoms with E-state index < -0.39 is 16.6 Å². The lowest BCUT2D eigenvalue weighted by atomic mass is 9.65. The maximum absolute atomic E-state index is 12.4. The maximum atomic E-state index is 12.4. The number of hydrogen-bond acceptors (Lipinski definition) is 4. The first-order valence-corrected chi connectivity index (χ1v) is 9.21. The third kappa shape index (κ3) is 4.08. The third-order valence-electron chi connectivity index (χ3n) is 6.54. The van der Waals surface area contributed by atoms with E-state index in [2.05, 4.69) is 0 Å². The Hall–Kier alpha value is -0.610. The molecule has 0 amide bonds. The molecule has 2 saturated carbocycles. The average molecular weight is 326 g/mol. The fourth-order valence-electron chi connectivity index (χ4n) is 4.45. The van der Waals surface area contributed by atoms with E-state index in [1.165, 1.54) is 25.7 Å². The predicted molar refractivity (Wildman–Crippen MR) is 89.9 cm³/mol. The topological polar surface area (TPSA) is 66.8 Å². The van der Waals surface area contributed by atoms with Crippen LogP contribution >= 0.6 is 0 Å². The summed E-state index contributed by atoms with van der Waals surface area (Å²) in [5.74, 6) is 0.910. The quantitative estimate of drug-likeness (QED) is 0.734.